The fourth-order valence-corrected chi connectivity index (χ4v) is 3.84. The Morgan fingerprint density at radius 3 is 1.48 bits per heavy atom. The Kier molecular flexibility index (Phi) is 21.6. The summed E-state index contributed by atoms with van der Waals surface area (Å²) in [5.74, 6) is -2.29. The standard InChI is InChI=1S/C20H40O5S.Na/c1-2-3-4-5-6-7-8-9-10-11-12-13-14-15-16-19(20(21)22)17-18-26(23,24)25;/h19H,2-18H2,1H3,(H,21,22)(H,23,24,25);/q;+1/p-1. The maximum Gasteiger partial charge on any atom is 1.00 e. The average molecular weight is 415 g/mol. The van der Waals surface area contributed by atoms with E-state index < -0.39 is 27.8 Å². The van der Waals surface area contributed by atoms with Gasteiger partial charge in [0.05, 0.1) is 16.0 Å². The fraction of sp³-hybridized carbons (Fsp3) is 0.950. The van der Waals surface area contributed by atoms with Gasteiger partial charge in [0.15, 0.2) is 0 Å². The van der Waals surface area contributed by atoms with Gasteiger partial charge >= 0.3 is 35.5 Å². The van der Waals surface area contributed by atoms with Crippen LogP contribution in [0.3, 0.4) is 0 Å². The van der Waals surface area contributed by atoms with Gasteiger partial charge in [0, 0.05) is 5.75 Å². The number of hydrogen-bond acceptors (Lipinski definition) is 4. The molecule has 0 aromatic rings. The molecule has 27 heavy (non-hydrogen) atoms. The minimum Gasteiger partial charge on any atom is -0.748 e. The van der Waals surface area contributed by atoms with E-state index in [1.54, 1.807) is 0 Å². The molecule has 0 fully saturated rings. The Hall–Kier alpha value is 0.380. The van der Waals surface area contributed by atoms with E-state index in [1.165, 1.54) is 70.6 Å². The van der Waals surface area contributed by atoms with Crippen molar-refractivity contribution in [1.29, 1.82) is 0 Å². The van der Waals surface area contributed by atoms with Crippen LogP contribution in [0.1, 0.15) is 110 Å². The quantitative estimate of drug-likeness (QED) is 0.199. The van der Waals surface area contributed by atoms with Crippen LogP contribution >= 0.6 is 0 Å². The average Bonchev–Trinajstić information content (AvgIpc) is 2.56. The molecule has 0 rings (SSSR count). The number of carbonyl (C=O) groups is 1. The zero-order valence-electron chi connectivity index (χ0n) is 17.6. The topological polar surface area (TPSA) is 94.5 Å². The Bertz CT molecular complexity index is 440. The first-order valence-electron chi connectivity index (χ1n) is 10.5. The first-order chi connectivity index (χ1) is 12.4. The summed E-state index contributed by atoms with van der Waals surface area (Å²) in [7, 11) is -4.32. The molecule has 0 radical (unpaired) electrons. The van der Waals surface area contributed by atoms with Gasteiger partial charge in [-0.25, -0.2) is 8.42 Å². The molecule has 5 nitrogen and oxygen atoms in total. The first kappa shape index (κ1) is 29.6. The number of carboxylic acids is 1. The second-order valence-corrected chi connectivity index (χ2v) is 8.99. The molecule has 0 saturated carbocycles. The van der Waals surface area contributed by atoms with Crippen molar-refractivity contribution in [3.05, 3.63) is 0 Å². The molecule has 7 heteroatoms. The third-order valence-electron chi connectivity index (χ3n) is 4.97. The summed E-state index contributed by atoms with van der Waals surface area (Å²) in [6, 6.07) is 0. The van der Waals surface area contributed by atoms with Crippen molar-refractivity contribution in [2.45, 2.75) is 110 Å². The smallest absolute Gasteiger partial charge is 0.748 e. The molecule has 0 aliphatic carbocycles. The summed E-state index contributed by atoms with van der Waals surface area (Å²) < 4.78 is 31.8. The molecule has 0 aliphatic rings. The summed E-state index contributed by atoms with van der Waals surface area (Å²) in [4.78, 5) is 11.1. The molecule has 0 bridgehead atoms. The maximum absolute atomic E-state index is 11.1. The van der Waals surface area contributed by atoms with Gasteiger partial charge < -0.3 is 9.66 Å². The third kappa shape index (κ3) is 22.5. The normalized spacial score (nSPS) is 12.5. The molecule has 0 aliphatic heterocycles. The van der Waals surface area contributed by atoms with Crippen LogP contribution < -0.4 is 29.6 Å². The number of hydrogen-bond donors (Lipinski definition) is 1. The molecule has 0 spiro atoms. The van der Waals surface area contributed by atoms with Crippen LogP contribution in [0.4, 0.5) is 0 Å². The number of rotatable bonds is 19. The Labute approximate surface area is 189 Å². The first-order valence-corrected chi connectivity index (χ1v) is 12.1. The zero-order valence-corrected chi connectivity index (χ0v) is 20.4. The molecule has 1 unspecified atom stereocenters. The van der Waals surface area contributed by atoms with Crippen LogP contribution in [0.15, 0.2) is 0 Å². The van der Waals surface area contributed by atoms with E-state index in [4.69, 9.17) is 5.11 Å². The molecular formula is C20H39NaO5S. The summed E-state index contributed by atoms with van der Waals surface area (Å²) in [5.41, 5.74) is 0. The Morgan fingerprint density at radius 2 is 1.15 bits per heavy atom. The van der Waals surface area contributed by atoms with Gasteiger partial charge in [0.2, 0.25) is 0 Å². The van der Waals surface area contributed by atoms with Gasteiger partial charge in [-0.05, 0) is 12.8 Å². The molecular weight excluding hydrogens is 375 g/mol. The largest absolute Gasteiger partial charge is 1.00 e. The molecule has 0 saturated heterocycles. The van der Waals surface area contributed by atoms with E-state index in [9.17, 15) is 17.8 Å². The zero-order chi connectivity index (χ0) is 19.7. The van der Waals surface area contributed by atoms with E-state index in [1.807, 2.05) is 0 Å². The fourth-order valence-electron chi connectivity index (χ4n) is 3.26. The number of unbranched alkanes of at least 4 members (excludes halogenated alkanes) is 13. The van der Waals surface area contributed by atoms with Gasteiger partial charge in [-0.2, -0.15) is 0 Å². The van der Waals surface area contributed by atoms with Gasteiger partial charge in [0.25, 0.3) is 0 Å². The van der Waals surface area contributed by atoms with Crippen LogP contribution in [0.25, 0.3) is 0 Å². The van der Waals surface area contributed by atoms with E-state index in [0.717, 1.165) is 19.3 Å². The van der Waals surface area contributed by atoms with Gasteiger partial charge in [-0.15, -0.1) is 0 Å². The third-order valence-corrected chi connectivity index (χ3v) is 5.71. The van der Waals surface area contributed by atoms with Crippen molar-refractivity contribution in [2.24, 2.45) is 5.92 Å². The second kappa shape index (κ2) is 19.7. The van der Waals surface area contributed by atoms with Crippen molar-refractivity contribution in [2.75, 3.05) is 5.75 Å². The number of carboxylic acid groups (broad SMARTS) is 1. The van der Waals surface area contributed by atoms with Crippen LogP contribution in [0.2, 0.25) is 0 Å². The van der Waals surface area contributed by atoms with Gasteiger partial charge in [-0.3, -0.25) is 4.79 Å². The Morgan fingerprint density at radius 1 is 0.778 bits per heavy atom. The van der Waals surface area contributed by atoms with Crippen molar-refractivity contribution < 1.29 is 52.4 Å². The predicted octanol–water partition coefficient (Wildman–Crippen LogP) is 2.50. The van der Waals surface area contributed by atoms with E-state index >= 15 is 0 Å². The minimum absolute atomic E-state index is 0. The summed E-state index contributed by atoms with van der Waals surface area (Å²) in [6.45, 7) is 2.24. The molecule has 156 valence electrons. The van der Waals surface area contributed by atoms with Crippen LogP contribution in [-0.2, 0) is 14.9 Å². The minimum atomic E-state index is -4.32. The molecule has 1 atom stereocenters. The molecule has 0 amide bonds. The van der Waals surface area contributed by atoms with Gasteiger partial charge in [0.1, 0.15) is 0 Å². The van der Waals surface area contributed by atoms with Crippen LogP contribution in [-0.4, -0.2) is 29.8 Å². The van der Waals surface area contributed by atoms with Crippen molar-refractivity contribution in [3.63, 3.8) is 0 Å². The van der Waals surface area contributed by atoms with E-state index in [2.05, 4.69) is 6.92 Å². The predicted molar refractivity (Wildman–Crippen MR) is 105 cm³/mol. The molecule has 0 aromatic carbocycles. The maximum atomic E-state index is 11.1. The SMILES string of the molecule is CCCCCCCCCCCCCCCCC(CCS(=O)(=O)[O-])C(=O)O.[Na+]. The monoisotopic (exact) mass is 414 g/mol. The summed E-state index contributed by atoms with van der Waals surface area (Å²) in [6.07, 6.45) is 17.8. The van der Waals surface area contributed by atoms with Crippen LogP contribution in [0.5, 0.6) is 0 Å². The number of aliphatic carboxylic acids is 1. The van der Waals surface area contributed by atoms with Crippen molar-refractivity contribution >= 4 is 16.1 Å². The molecule has 1 N–H and O–H groups in total. The molecule has 0 aromatic heterocycles. The van der Waals surface area contributed by atoms with Crippen molar-refractivity contribution in [1.82, 2.24) is 0 Å². The summed E-state index contributed by atoms with van der Waals surface area (Å²) in [5, 5.41) is 9.08. The van der Waals surface area contributed by atoms with E-state index in [0.29, 0.717) is 6.42 Å². The van der Waals surface area contributed by atoms with E-state index in [-0.39, 0.29) is 36.0 Å². The Balaban J connectivity index is 0. The molecule has 0 heterocycles. The summed E-state index contributed by atoms with van der Waals surface area (Å²) >= 11 is 0. The second-order valence-electron chi connectivity index (χ2n) is 7.47. The van der Waals surface area contributed by atoms with Gasteiger partial charge in [-0.1, -0.05) is 96.8 Å². The van der Waals surface area contributed by atoms with Crippen LogP contribution in [0, 0.1) is 5.92 Å². The van der Waals surface area contributed by atoms with Crippen molar-refractivity contribution in [3.8, 4) is 0 Å².